The van der Waals surface area contributed by atoms with Gasteiger partial charge in [-0.05, 0) is 50.2 Å². The Kier molecular flexibility index (Phi) is 7.49. The molecule has 1 fully saturated rings. The van der Waals surface area contributed by atoms with E-state index in [0.29, 0.717) is 46.4 Å². The maximum Gasteiger partial charge on any atom is 0.263 e. The average Bonchev–Trinajstić information content (AvgIpc) is 2.84. The molecule has 2 atom stereocenters. The fourth-order valence-electron chi connectivity index (χ4n) is 4.17. The summed E-state index contributed by atoms with van der Waals surface area (Å²) in [4.78, 5) is 33.0. The van der Waals surface area contributed by atoms with Crippen molar-refractivity contribution < 1.29 is 18.7 Å². The van der Waals surface area contributed by atoms with Crippen LogP contribution in [0.3, 0.4) is 0 Å². The molecule has 1 aliphatic heterocycles. The van der Waals surface area contributed by atoms with Gasteiger partial charge in [0.1, 0.15) is 5.82 Å². The first-order valence-electron chi connectivity index (χ1n) is 11.3. The molecule has 188 valence electrons. The zero-order valence-corrected chi connectivity index (χ0v) is 21.5. The molecule has 2 N–H and O–H groups in total. The van der Waals surface area contributed by atoms with Gasteiger partial charge in [0.25, 0.3) is 5.91 Å². The minimum Gasteiger partial charge on any atom is -0.375 e. The SMILES string of the molecule is CC1CN(c2cc(-c3cc(C(N)=O)ccc3Cl)cnc2N(C)C(=O)c2c(F)cccc2Cl)C(C)CO1. The molecule has 2 amide bonds. The molecule has 0 aliphatic carbocycles. The average molecular weight is 531 g/mol. The Hall–Kier alpha value is -3.20. The Morgan fingerprint density at radius 1 is 1.17 bits per heavy atom. The van der Waals surface area contributed by atoms with Gasteiger partial charge in [0.15, 0.2) is 5.82 Å². The van der Waals surface area contributed by atoms with E-state index in [0.717, 1.165) is 0 Å². The standard InChI is InChI=1S/C26H25Cl2FN4O3/c1-14-13-36-15(2)12-33(14)22-10-17(18-9-16(24(30)34)7-8-19(18)27)11-31-25(22)32(3)26(35)23-20(28)5-4-6-21(23)29/h4-11,14-15H,12-13H2,1-3H3,(H2,30,34). The molecule has 0 saturated carbocycles. The molecule has 1 saturated heterocycles. The summed E-state index contributed by atoms with van der Waals surface area (Å²) < 4.78 is 20.3. The Morgan fingerprint density at radius 2 is 1.92 bits per heavy atom. The molecular formula is C26H25Cl2FN4O3. The van der Waals surface area contributed by atoms with Gasteiger partial charge in [-0.15, -0.1) is 0 Å². The number of pyridine rings is 1. The number of carbonyl (C=O) groups excluding carboxylic acids is 2. The van der Waals surface area contributed by atoms with Crippen LogP contribution >= 0.6 is 23.2 Å². The highest BCUT2D eigenvalue weighted by Crippen LogP contribution is 2.37. The summed E-state index contributed by atoms with van der Waals surface area (Å²) in [6.07, 6.45) is 1.48. The number of morpholine rings is 1. The summed E-state index contributed by atoms with van der Waals surface area (Å²) in [5.74, 6) is -1.63. The number of halogens is 3. The van der Waals surface area contributed by atoms with Crippen molar-refractivity contribution in [1.29, 1.82) is 0 Å². The minimum atomic E-state index is -0.721. The van der Waals surface area contributed by atoms with Crippen LogP contribution in [0.4, 0.5) is 15.9 Å². The van der Waals surface area contributed by atoms with Gasteiger partial charge in [-0.25, -0.2) is 9.37 Å². The van der Waals surface area contributed by atoms with Crippen molar-refractivity contribution >= 4 is 46.5 Å². The second-order valence-corrected chi connectivity index (χ2v) is 9.55. The van der Waals surface area contributed by atoms with Gasteiger partial charge in [0, 0.05) is 47.5 Å². The lowest BCUT2D eigenvalue weighted by molar-refractivity contribution is 0.0344. The number of benzene rings is 2. The zero-order valence-electron chi connectivity index (χ0n) is 20.0. The third-order valence-electron chi connectivity index (χ3n) is 6.13. The number of nitrogens with two attached hydrogens (primary N) is 1. The summed E-state index contributed by atoms with van der Waals surface area (Å²) in [5, 5.41) is 0.417. The summed E-state index contributed by atoms with van der Waals surface area (Å²) >= 11 is 12.6. The topological polar surface area (TPSA) is 88.8 Å². The molecule has 1 aromatic heterocycles. The number of hydrogen-bond acceptors (Lipinski definition) is 5. The van der Waals surface area contributed by atoms with Crippen molar-refractivity contribution in [3.05, 3.63) is 75.7 Å². The molecule has 2 unspecified atom stereocenters. The van der Waals surface area contributed by atoms with E-state index < -0.39 is 17.6 Å². The van der Waals surface area contributed by atoms with Gasteiger partial charge in [-0.3, -0.25) is 14.5 Å². The molecule has 1 aliphatic rings. The molecule has 2 heterocycles. The fraction of sp³-hybridized carbons (Fsp3) is 0.269. The summed E-state index contributed by atoms with van der Waals surface area (Å²) in [5.41, 5.74) is 7.34. The fourth-order valence-corrected chi connectivity index (χ4v) is 4.64. The van der Waals surface area contributed by atoms with Crippen LogP contribution < -0.4 is 15.5 Å². The summed E-state index contributed by atoms with van der Waals surface area (Å²) in [6.45, 7) is 4.96. The minimum absolute atomic E-state index is 0.00781. The highest BCUT2D eigenvalue weighted by atomic mass is 35.5. The van der Waals surface area contributed by atoms with Crippen molar-refractivity contribution in [2.45, 2.75) is 26.0 Å². The van der Waals surface area contributed by atoms with Crippen LogP contribution in [0, 0.1) is 5.82 Å². The van der Waals surface area contributed by atoms with E-state index in [9.17, 15) is 14.0 Å². The number of anilines is 2. The summed E-state index contributed by atoms with van der Waals surface area (Å²) in [6, 6.07) is 10.6. The van der Waals surface area contributed by atoms with E-state index >= 15 is 0 Å². The lowest BCUT2D eigenvalue weighted by atomic mass is 10.0. The normalized spacial score (nSPS) is 17.7. The molecule has 3 aromatic rings. The van der Waals surface area contributed by atoms with Crippen molar-refractivity contribution in [3.63, 3.8) is 0 Å². The molecule has 0 bridgehead atoms. The largest absolute Gasteiger partial charge is 0.375 e. The molecular weight excluding hydrogens is 506 g/mol. The second-order valence-electron chi connectivity index (χ2n) is 8.73. The van der Waals surface area contributed by atoms with Crippen molar-refractivity contribution in [3.8, 4) is 11.1 Å². The van der Waals surface area contributed by atoms with Crippen molar-refractivity contribution in [2.75, 3.05) is 30.0 Å². The van der Waals surface area contributed by atoms with E-state index in [1.165, 1.54) is 30.1 Å². The smallest absolute Gasteiger partial charge is 0.263 e. The number of amides is 2. The third-order valence-corrected chi connectivity index (χ3v) is 6.77. The maximum atomic E-state index is 14.5. The summed E-state index contributed by atoms with van der Waals surface area (Å²) in [7, 11) is 1.52. The van der Waals surface area contributed by atoms with E-state index in [2.05, 4.69) is 9.88 Å². The van der Waals surface area contributed by atoms with E-state index in [1.54, 1.807) is 24.4 Å². The van der Waals surface area contributed by atoms with E-state index in [4.69, 9.17) is 33.7 Å². The molecule has 36 heavy (non-hydrogen) atoms. The van der Waals surface area contributed by atoms with Gasteiger partial charge in [0.05, 0.1) is 29.0 Å². The Bertz CT molecular complexity index is 1320. The van der Waals surface area contributed by atoms with Crippen LogP contribution in [0.25, 0.3) is 11.1 Å². The quantitative estimate of drug-likeness (QED) is 0.490. The molecule has 0 radical (unpaired) electrons. The van der Waals surface area contributed by atoms with Gasteiger partial charge >= 0.3 is 0 Å². The number of nitrogens with zero attached hydrogens (tertiary/aromatic N) is 3. The predicted molar refractivity (Wildman–Crippen MR) is 140 cm³/mol. The van der Waals surface area contributed by atoms with Crippen LogP contribution in [0.2, 0.25) is 10.0 Å². The highest BCUT2D eigenvalue weighted by molar-refractivity contribution is 6.34. The number of rotatable bonds is 5. The number of carbonyl (C=O) groups is 2. The predicted octanol–water partition coefficient (Wildman–Crippen LogP) is 5.18. The zero-order chi connectivity index (χ0) is 26.1. The number of ether oxygens (including phenoxy) is 1. The Balaban J connectivity index is 1.86. The monoisotopic (exact) mass is 530 g/mol. The molecule has 7 nitrogen and oxygen atoms in total. The molecule has 10 heteroatoms. The van der Waals surface area contributed by atoms with E-state index in [-0.39, 0.29) is 22.7 Å². The van der Waals surface area contributed by atoms with Crippen molar-refractivity contribution in [1.82, 2.24) is 4.98 Å². The molecule has 0 spiro atoms. The lowest BCUT2D eigenvalue weighted by Crippen LogP contribution is -2.48. The van der Waals surface area contributed by atoms with Crippen LogP contribution in [0.15, 0.2) is 48.7 Å². The Labute approximate surface area is 218 Å². The van der Waals surface area contributed by atoms with Crippen molar-refractivity contribution in [2.24, 2.45) is 5.73 Å². The maximum absolute atomic E-state index is 14.5. The first kappa shape index (κ1) is 25.9. The van der Waals surface area contributed by atoms with Crippen LogP contribution in [-0.4, -0.2) is 49.1 Å². The van der Waals surface area contributed by atoms with Gasteiger partial charge in [-0.1, -0.05) is 29.3 Å². The molecule has 2 aromatic carbocycles. The lowest BCUT2D eigenvalue weighted by Gasteiger charge is -2.40. The van der Waals surface area contributed by atoms with Gasteiger partial charge in [-0.2, -0.15) is 0 Å². The van der Waals surface area contributed by atoms with Crippen LogP contribution in [0.1, 0.15) is 34.6 Å². The van der Waals surface area contributed by atoms with Gasteiger partial charge < -0.3 is 15.4 Å². The van der Waals surface area contributed by atoms with E-state index in [1.807, 2.05) is 19.9 Å². The van der Waals surface area contributed by atoms with Crippen LogP contribution in [-0.2, 0) is 4.74 Å². The third kappa shape index (κ3) is 5.02. The Morgan fingerprint density at radius 3 is 2.61 bits per heavy atom. The van der Waals surface area contributed by atoms with Gasteiger partial charge in [0.2, 0.25) is 5.91 Å². The number of aromatic nitrogens is 1. The number of hydrogen-bond donors (Lipinski definition) is 1. The highest BCUT2D eigenvalue weighted by Gasteiger charge is 2.30. The first-order valence-corrected chi connectivity index (χ1v) is 12.0. The second kappa shape index (κ2) is 10.4. The number of primary amides is 1. The first-order chi connectivity index (χ1) is 17.1. The van der Waals surface area contributed by atoms with Crippen LogP contribution in [0.5, 0.6) is 0 Å². The molecule has 4 rings (SSSR count).